The Balaban J connectivity index is 1.39. The fraction of sp³-hybridized carbons (Fsp3) is 0.633. The molecule has 212 valence electrons. The van der Waals surface area contributed by atoms with Crippen LogP contribution in [0.2, 0.25) is 0 Å². The molecule has 39 heavy (non-hydrogen) atoms. The highest BCUT2D eigenvalue weighted by atomic mass is 16.5. The van der Waals surface area contributed by atoms with Gasteiger partial charge in [0, 0.05) is 24.8 Å². The van der Waals surface area contributed by atoms with Gasteiger partial charge in [0.15, 0.2) is 0 Å². The summed E-state index contributed by atoms with van der Waals surface area (Å²) in [5.41, 5.74) is -0.516. The van der Waals surface area contributed by atoms with E-state index in [1.54, 1.807) is 36.3 Å². The highest BCUT2D eigenvalue weighted by Crippen LogP contribution is 2.55. The first kappa shape index (κ1) is 27.6. The molecule has 0 unspecified atom stereocenters. The van der Waals surface area contributed by atoms with Crippen LogP contribution in [-0.2, 0) is 19.1 Å². The molecule has 0 aromatic heterocycles. The minimum Gasteiger partial charge on any atom is -0.497 e. The van der Waals surface area contributed by atoms with Crippen molar-refractivity contribution >= 4 is 23.4 Å². The number of amides is 3. The number of methoxy groups -OCH3 is 1. The molecule has 5 rings (SSSR count). The van der Waals surface area contributed by atoms with Crippen LogP contribution in [0.15, 0.2) is 36.4 Å². The normalized spacial score (nSPS) is 29.6. The number of carbonyl (C=O) groups excluding carboxylic acids is 3. The number of likely N-dealkylation sites (tertiary alicyclic amines) is 1. The molecule has 3 fully saturated rings. The van der Waals surface area contributed by atoms with E-state index in [1.807, 2.05) is 19.2 Å². The molecule has 1 aromatic carbocycles. The molecule has 9 nitrogen and oxygen atoms in total. The molecule has 1 saturated carbocycles. The van der Waals surface area contributed by atoms with E-state index in [1.165, 1.54) is 6.42 Å². The molecular formula is C30H42N4O5. The van der Waals surface area contributed by atoms with E-state index in [2.05, 4.69) is 22.5 Å². The highest BCUT2D eigenvalue weighted by molar-refractivity contribution is 6.02. The maximum atomic E-state index is 14.1. The summed E-state index contributed by atoms with van der Waals surface area (Å²) in [5, 5.41) is 6.21. The van der Waals surface area contributed by atoms with E-state index in [0.717, 1.165) is 45.1 Å². The number of fused-ring (bicyclic) bond motifs is 1. The molecule has 9 heteroatoms. The second kappa shape index (κ2) is 11.7. The summed E-state index contributed by atoms with van der Waals surface area (Å²) >= 11 is 0. The molecule has 0 radical (unpaired) electrons. The Morgan fingerprint density at radius 2 is 1.87 bits per heavy atom. The van der Waals surface area contributed by atoms with Crippen LogP contribution in [-0.4, -0.2) is 85.1 Å². The molecule has 2 N–H and O–H groups in total. The van der Waals surface area contributed by atoms with Gasteiger partial charge in [-0.25, -0.2) is 0 Å². The fourth-order valence-electron chi connectivity index (χ4n) is 6.75. The average molecular weight is 539 g/mol. The summed E-state index contributed by atoms with van der Waals surface area (Å²) in [6.07, 6.45) is 10.7. The van der Waals surface area contributed by atoms with Crippen molar-refractivity contribution in [3.05, 3.63) is 36.4 Å². The first-order valence-electron chi connectivity index (χ1n) is 14.5. The van der Waals surface area contributed by atoms with Crippen LogP contribution >= 0.6 is 0 Å². The highest BCUT2D eigenvalue weighted by Gasteiger charge is 2.72. The second-order valence-electron chi connectivity index (χ2n) is 11.5. The van der Waals surface area contributed by atoms with Gasteiger partial charge in [-0.1, -0.05) is 44.8 Å². The van der Waals surface area contributed by atoms with Crippen LogP contribution in [0.5, 0.6) is 5.75 Å². The third kappa shape index (κ3) is 5.31. The predicted octanol–water partition coefficient (Wildman–Crippen LogP) is 2.97. The lowest BCUT2D eigenvalue weighted by Crippen LogP contribution is -2.57. The second-order valence-corrected chi connectivity index (χ2v) is 11.5. The number of likely N-dealkylation sites (N-methyl/N-ethyl adjacent to an activating group) is 1. The first-order valence-corrected chi connectivity index (χ1v) is 14.5. The molecule has 5 atom stereocenters. The van der Waals surface area contributed by atoms with Gasteiger partial charge in [0.05, 0.1) is 25.0 Å². The number of hydrogen-bond acceptors (Lipinski definition) is 6. The lowest BCUT2D eigenvalue weighted by atomic mass is 9.74. The van der Waals surface area contributed by atoms with E-state index >= 15 is 0 Å². The van der Waals surface area contributed by atoms with Gasteiger partial charge >= 0.3 is 0 Å². The Bertz CT molecular complexity index is 1090. The lowest BCUT2D eigenvalue weighted by molar-refractivity contribution is -0.141. The van der Waals surface area contributed by atoms with Gasteiger partial charge in [-0.05, 0) is 57.1 Å². The van der Waals surface area contributed by atoms with E-state index < -0.39 is 29.6 Å². The van der Waals surface area contributed by atoms with Crippen molar-refractivity contribution in [2.75, 3.05) is 39.1 Å². The van der Waals surface area contributed by atoms with E-state index in [0.29, 0.717) is 24.5 Å². The summed E-state index contributed by atoms with van der Waals surface area (Å²) in [5.74, 6) is -1.38. The zero-order valence-electron chi connectivity index (χ0n) is 23.4. The zero-order valence-corrected chi connectivity index (χ0v) is 23.4. The summed E-state index contributed by atoms with van der Waals surface area (Å²) in [4.78, 5) is 45.4. The van der Waals surface area contributed by atoms with Gasteiger partial charge in [-0.3, -0.25) is 14.4 Å². The Labute approximate surface area is 231 Å². The molecule has 1 aromatic rings. The number of ether oxygens (including phenoxy) is 2. The SMILES string of the molecule is CCCCN(C)CCN1C(=O)[C@@H]2[C@H](C(=O)Nc3ccc(OC)cc3)[C@@H]3C=C[C@@]2(O3)[C@@H]1C(=O)NC1CCCCC1. The van der Waals surface area contributed by atoms with Gasteiger partial charge in [-0.2, -0.15) is 0 Å². The fourth-order valence-corrected chi connectivity index (χ4v) is 6.75. The van der Waals surface area contributed by atoms with Crippen molar-refractivity contribution in [3.8, 4) is 5.75 Å². The molecule has 3 amide bonds. The molecule has 3 aliphatic heterocycles. The summed E-state index contributed by atoms with van der Waals surface area (Å²) in [6.45, 7) is 4.14. The Morgan fingerprint density at radius 3 is 2.56 bits per heavy atom. The van der Waals surface area contributed by atoms with Crippen LogP contribution in [0.4, 0.5) is 5.69 Å². The van der Waals surface area contributed by atoms with Gasteiger partial charge in [-0.15, -0.1) is 0 Å². The minimum atomic E-state index is -1.13. The standard InChI is InChI=1S/C30H42N4O5/c1-4-5-17-33(2)18-19-34-26(28(36)32-20-9-7-6-8-10-20)30-16-15-23(39-30)24(25(30)29(34)37)27(35)31-21-11-13-22(38-3)14-12-21/h11-16,20,23-26H,4-10,17-19H2,1-3H3,(H,31,35)(H,32,36)/t23-,24+,25-,26-,30-/m0/s1. The van der Waals surface area contributed by atoms with Crippen LogP contribution < -0.4 is 15.4 Å². The van der Waals surface area contributed by atoms with Crippen LogP contribution in [0.25, 0.3) is 0 Å². The number of anilines is 1. The van der Waals surface area contributed by atoms with E-state index in [4.69, 9.17) is 9.47 Å². The average Bonchev–Trinajstić information content (AvgIpc) is 3.59. The van der Waals surface area contributed by atoms with Crippen molar-refractivity contribution < 1.29 is 23.9 Å². The van der Waals surface area contributed by atoms with E-state index in [-0.39, 0.29) is 23.8 Å². The first-order chi connectivity index (χ1) is 18.9. The smallest absolute Gasteiger partial charge is 0.246 e. The van der Waals surface area contributed by atoms with Gasteiger partial charge in [0.25, 0.3) is 0 Å². The van der Waals surface area contributed by atoms with Crippen LogP contribution in [0.3, 0.4) is 0 Å². The Hall–Kier alpha value is -2.91. The van der Waals surface area contributed by atoms with Gasteiger partial charge in [0.2, 0.25) is 17.7 Å². The number of nitrogens with zero attached hydrogens (tertiary/aromatic N) is 2. The van der Waals surface area contributed by atoms with Gasteiger partial charge < -0.3 is 29.9 Å². The predicted molar refractivity (Wildman–Crippen MR) is 148 cm³/mol. The third-order valence-electron chi connectivity index (χ3n) is 8.85. The number of benzene rings is 1. The third-order valence-corrected chi connectivity index (χ3v) is 8.85. The lowest BCUT2D eigenvalue weighted by Gasteiger charge is -2.34. The molecule has 4 aliphatic rings. The Morgan fingerprint density at radius 1 is 1.13 bits per heavy atom. The summed E-state index contributed by atoms with van der Waals surface area (Å²) in [6, 6.07) is 6.41. The zero-order chi connectivity index (χ0) is 27.6. The van der Waals surface area contributed by atoms with E-state index in [9.17, 15) is 14.4 Å². The number of rotatable bonds is 11. The quantitative estimate of drug-likeness (QED) is 0.420. The maximum absolute atomic E-state index is 14.1. The minimum absolute atomic E-state index is 0.114. The molecular weight excluding hydrogens is 496 g/mol. The monoisotopic (exact) mass is 538 g/mol. The molecule has 1 aliphatic carbocycles. The summed E-state index contributed by atoms with van der Waals surface area (Å²) < 4.78 is 11.7. The van der Waals surface area contributed by atoms with Crippen molar-refractivity contribution in [2.45, 2.75) is 75.7 Å². The molecule has 2 bridgehead atoms. The number of unbranched alkanes of at least 4 members (excludes halogenated alkanes) is 1. The van der Waals surface area contributed by atoms with Gasteiger partial charge in [0.1, 0.15) is 17.4 Å². The molecule has 1 spiro atoms. The number of nitrogens with one attached hydrogen (secondary N) is 2. The Kier molecular flexibility index (Phi) is 8.28. The van der Waals surface area contributed by atoms with Crippen molar-refractivity contribution in [2.24, 2.45) is 11.8 Å². The molecule has 2 saturated heterocycles. The van der Waals surface area contributed by atoms with Crippen molar-refractivity contribution in [1.82, 2.24) is 15.1 Å². The van der Waals surface area contributed by atoms with Crippen LogP contribution in [0, 0.1) is 11.8 Å². The van der Waals surface area contributed by atoms with Crippen LogP contribution in [0.1, 0.15) is 51.9 Å². The van der Waals surface area contributed by atoms with Crippen molar-refractivity contribution in [3.63, 3.8) is 0 Å². The number of hydrogen-bond donors (Lipinski definition) is 2. The largest absolute Gasteiger partial charge is 0.497 e. The number of carbonyl (C=O) groups is 3. The van der Waals surface area contributed by atoms with Crippen molar-refractivity contribution in [1.29, 1.82) is 0 Å². The topological polar surface area (TPSA) is 100 Å². The summed E-state index contributed by atoms with van der Waals surface area (Å²) in [7, 11) is 3.63. The molecule has 3 heterocycles. The maximum Gasteiger partial charge on any atom is 0.246 e.